The van der Waals surface area contributed by atoms with Crippen LogP contribution in [-0.2, 0) is 6.42 Å². The van der Waals surface area contributed by atoms with Crippen molar-refractivity contribution in [2.45, 2.75) is 6.42 Å². The van der Waals surface area contributed by atoms with Crippen molar-refractivity contribution in [1.82, 2.24) is 4.98 Å². The molecule has 0 unspecified atom stereocenters. The maximum Gasteiger partial charge on any atom is 0.303 e. The number of nitrogens with two attached hydrogens (primary N) is 1. The summed E-state index contributed by atoms with van der Waals surface area (Å²) in [6.45, 7) is 0. The molecule has 3 rings (SSSR count). The fourth-order valence-corrected chi connectivity index (χ4v) is 2.38. The third kappa shape index (κ3) is 2.41. The molecule has 5 nitrogen and oxygen atoms in total. The summed E-state index contributed by atoms with van der Waals surface area (Å²) >= 11 is 0. The molecule has 1 aromatic heterocycles. The summed E-state index contributed by atoms with van der Waals surface area (Å²) in [6, 6.07) is 16.6. The highest BCUT2D eigenvalue weighted by atomic mass is 16.6. The van der Waals surface area contributed by atoms with Crippen molar-refractivity contribution in [2.75, 3.05) is 5.73 Å². The third-order valence-electron chi connectivity index (χ3n) is 3.38. The second-order valence-corrected chi connectivity index (χ2v) is 4.76. The molecule has 0 radical (unpaired) electrons. The van der Waals surface area contributed by atoms with E-state index in [0.717, 1.165) is 5.56 Å². The first-order valence-corrected chi connectivity index (χ1v) is 6.52. The van der Waals surface area contributed by atoms with Gasteiger partial charge in [0.15, 0.2) is 0 Å². The van der Waals surface area contributed by atoms with Gasteiger partial charge in [0, 0.05) is 6.42 Å². The highest BCUT2D eigenvalue weighted by molar-refractivity contribution is 5.94. The van der Waals surface area contributed by atoms with Gasteiger partial charge in [-0.3, -0.25) is 10.1 Å². The van der Waals surface area contributed by atoms with Crippen LogP contribution < -0.4 is 5.73 Å². The SMILES string of the molecule is Nc1c(Cc2ccccc2)nc2ccccc2c1[N+](=O)[O-]. The lowest BCUT2D eigenvalue weighted by Gasteiger charge is -2.08. The molecule has 3 aromatic rings. The molecule has 5 heteroatoms. The van der Waals surface area contributed by atoms with Crippen molar-refractivity contribution in [1.29, 1.82) is 0 Å². The molecule has 2 aromatic carbocycles. The molecule has 0 aliphatic heterocycles. The monoisotopic (exact) mass is 279 g/mol. The molecule has 0 atom stereocenters. The Morgan fingerprint density at radius 2 is 1.71 bits per heavy atom. The van der Waals surface area contributed by atoms with Gasteiger partial charge in [0.05, 0.1) is 21.5 Å². The Kier molecular flexibility index (Phi) is 3.23. The van der Waals surface area contributed by atoms with Crippen molar-refractivity contribution >= 4 is 22.3 Å². The lowest BCUT2D eigenvalue weighted by molar-refractivity contribution is -0.382. The normalized spacial score (nSPS) is 10.7. The van der Waals surface area contributed by atoms with E-state index in [9.17, 15) is 10.1 Å². The first-order valence-electron chi connectivity index (χ1n) is 6.52. The van der Waals surface area contributed by atoms with Gasteiger partial charge in [-0.15, -0.1) is 0 Å². The fraction of sp³-hybridized carbons (Fsp3) is 0.0625. The number of hydrogen-bond acceptors (Lipinski definition) is 4. The first-order chi connectivity index (χ1) is 10.2. The van der Waals surface area contributed by atoms with Gasteiger partial charge in [-0.25, -0.2) is 4.98 Å². The largest absolute Gasteiger partial charge is 0.392 e. The van der Waals surface area contributed by atoms with Crippen molar-refractivity contribution in [3.05, 3.63) is 76.0 Å². The summed E-state index contributed by atoms with van der Waals surface area (Å²) in [5, 5.41) is 11.8. The molecule has 21 heavy (non-hydrogen) atoms. The topological polar surface area (TPSA) is 82.0 Å². The molecule has 0 saturated heterocycles. The van der Waals surface area contributed by atoms with Gasteiger partial charge in [-0.1, -0.05) is 42.5 Å². The van der Waals surface area contributed by atoms with E-state index in [-0.39, 0.29) is 11.4 Å². The molecular formula is C16H13N3O2. The van der Waals surface area contributed by atoms with E-state index >= 15 is 0 Å². The first kappa shape index (κ1) is 13.1. The van der Waals surface area contributed by atoms with Gasteiger partial charge in [0.2, 0.25) is 0 Å². The van der Waals surface area contributed by atoms with Crippen molar-refractivity contribution in [3.8, 4) is 0 Å². The molecule has 0 saturated carbocycles. The van der Waals surface area contributed by atoms with Crippen molar-refractivity contribution in [2.24, 2.45) is 0 Å². The van der Waals surface area contributed by atoms with Crippen LogP contribution in [0.4, 0.5) is 11.4 Å². The predicted octanol–water partition coefficient (Wildman–Crippen LogP) is 3.32. The number of pyridine rings is 1. The lowest BCUT2D eigenvalue weighted by Crippen LogP contribution is -2.05. The molecule has 0 aliphatic carbocycles. The summed E-state index contributed by atoms with van der Waals surface area (Å²) < 4.78 is 0. The molecule has 0 fully saturated rings. The maximum absolute atomic E-state index is 11.3. The van der Waals surface area contributed by atoms with Gasteiger partial charge in [-0.2, -0.15) is 0 Å². The van der Waals surface area contributed by atoms with E-state index in [0.29, 0.717) is 23.0 Å². The summed E-state index contributed by atoms with van der Waals surface area (Å²) in [5.41, 5.74) is 8.21. The van der Waals surface area contributed by atoms with E-state index in [2.05, 4.69) is 4.98 Å². The number of fused-ring (bicyclic) bond motifs is 1. The average molecular weight is 279 g/mol. The van der Waals surface area contributed by atoms with Crippen LogP contribution in [0, 0.1) is 10.1 Å². The molecule has 0 bridgehead atoms. The Morgan fingerprint density at radius 3 is 2.43 bits per heavy atom. The highest BCUT2D eigenvalue weighted by Gasteiger charge is 2.21. The van der Waals surface area contributed by atoms with Crippen molar-refractivity contribution in [3.63, 3.8) is 0 Å². The van der Waals surface area contributed by atoms with Gasteiger partial charge in [-0.05, 0) is 17.7 Å². The molecule has 0 spiro atoms. The number of para-hydroxylation sites is 1. The van der Waals surface area contributed by atoms with Gasteiger partial charge >= 0.3 is 5.69 Å². The number of nitrogens with zero attached hydrogens (tertiary/aromatic N) is 2. The smallest absolute Gasteiger partial charge is 0.303 e. The minimum atomic E-state index is -0.437. The second kappa shape index (κ2) is 5.20. The summed E-state index contributed by atoms with van der Waals surface area (Å²) in [4.78, 5) is 15.4. The quantitative estimate of drug-likeness (QED) is 0.589. The zero-order valence-electron chi connectivity index (χ0n) is 11.2. The van der Waals surface area contributed by atoms with E-state index in [1.54, 1.807) is 18.2 Å². The van der Waals surface area contributed by atoms with Crippen LogP contribution in [-0.4, -0.2) is 9.91 Å². The number of hydrogen-bond donors (Lipinski definition) is 1. The van der Waals surface area contributed by atoms with Gasteiger partial charge < -0.3 is 5.73 Å². The summed E-state index contributed by atoms with van der Waals surface area (Å²) in [7, 11) is 0. The van der Waals surface area contributed by atoms with E-state index in [1.165, 1.54) is 0 Å². The van der Waals surface area contributed by atoms with E-state index in [1.807, 2.05) is 36.4 Å². The van der Waals surface area contributed by atoms with Crippen LogP contribution in [0.25, 0.3) is 10.9 Å². The minimum absolute atomic E-state index is 0.0634. The van der Waals surface area contributed by atoms with E-state index < -0.39 is 4.92 Å². The van der Waals surface area contributed by atoms with Gasteiger partial charge in [0.25, 0.3) is 0 Å². The number of aromatic nitrogens is 1. The number of nitrogen functional groups attached to an aromatic ring is 1. The maximum atomic E-state index is 11.3. The Bertz CT molecular complexity index is 816. The van der Waals surface area contributed by atoms with Crippen LogP contribution in [0.1, 0.15) is 11.3 Å². The fourth-order valence-electron chi connectivity index (χ4n) is 2.38. The summed E-state index contributed by atoms with van der Waals surface area (Å²) in [5.74, 6) is 0. The Balaban J connectivity index is 2.19. The zero-order chi connectivity index (χ0) is 14.8. The number of nitro groups is 1. The third-order valence-corrected chi connectivity index (χ3v) is 3.38. The number of anilines is 1. The standard InChI is InChI=1S/C16H13N3O2/c17-15-14(10-11-6-2-1-3-7-11)18-13-9-5-4-8-12(13)16(15)19(20)21/h1-9H,10,17H2. The molecular weight excluding hydrogens is 266 g/mol. The van der Waals surface area contributed by atoms with Crippen LogP contribution in [0.15, 0.2) is 54.6 Å². The predicted molar refractivity (Wildman–Crippen MR) is 82.1 cm³/mol. The Morgan fingerprint density at radius 1 is 1.05 bits per heavy atom. The average Bonchev–Trinajstić information content (AvgIpc) is 2.49. The Labute approximate surface area is 121 Å². The van der Waals surface area contributed by atoms with Crippen LogP contribution in [0.3, 0.4) is 0 Å². The van der Waals surface area contributed by atoms with E-state index in [4.69, 9.17) is 5.73 Å². The minimum Gasteiger partial charge on any atom is -0.392 e. The lowest BCUT2D eigenvalue weighted by atomic mass is 10.0. The second-order valence-electron chi connectivity index (χ2n) is 4.76. The van der Waals surface area contributed by atoms with Crippen molar-refractivity contribution < 1.29 is 4.92 Å². The number of benzene rings is 2. The van der Waals surface area contributed by atoms with Gasteiger partial charge in [0.1, 0.15) is 5.69 Å². The molecule has 0 amide bonds. The number of rotatable bonds is 3. The van der Waals surface area contributed by atoms with Crippen LogP contribution in [0.5, 0.6) is 0 Å². The molecule has 104 valence electrons. The Hall–Kier alpha value is -2.95. The zero-order valence-corrected chi connectivity index (χ0v) is 11.2. The molecule has 2 N–H and O–H groups in total. The highest BCUT2D eigenvalue weighted by Crippen LogP contribution is 2.33. The molecule has 0 aliphatic rings. The summed E-state index contributed by atoms with van der Waals surface area (Å²) in [6.07, 6.45) is 0.471. The molecule has 1 heterocycles. The van der Waals surface area contributed by atoms with Crippen LogP contribution in [0.2, 0.25) is 0 Å². The van der Waals surface area contributed by atoms with Crippen LogP contribution >= 0.6 is 0 Å².